The molecule has 1 aromatic heterocycles. The molecule has 2 unspecified atom stereocenters. The summed E-state index contributed by atoms with van der Waals surface area (Å²) in [5, 5.41) is 4.45. The Hall–Kier alpha value is -0.540. The molecule has 0 spiro atoms. The highest BCUT2D eigenvalue weighted by atomic mass is 32.2. The predicted octanol–water partition coefficient (Wildman–Crippen LogP) is 2.46. The Morgan fingerprint density at radius 1 is 1.53 bits per heavy atom. The largest absolute Gasteiger partial charge is 0.309 e. The number of nitrogens with one attached hydrogen (secondary N) is 1. The van der Waals surface area contributed by atoms with Crippen LogP contribution in [0.2, 0.25) is 0 Å². The van der Waals surface area contributed by atoms with Crippen molar-refractivity contribution in [1.29, 1.82) is 0 Å². The third-order valence-electron chi connectivity index (χ3n) is 3.05. The first-order chi connectivity index (χ1) is 7.40. The van der Waals surface area contributed by atoms with E-state index < -0.39 is 0 Å². The standard InChI is InChI=1S/C12H18N2S/c1-15-12-6-2-5-11(12)14-9-10-4-3-7-13-8-10/h3-4,7-8,11-12,14H,2,5-6,9H2,1H3. The van der Waals surface area contributed by atoms with E-state index in [2.05, 4.69) is 22.6 Å². The maximum absolute atomic E-state index is 4.12. The fourth-order valence-corrected chi connectivity index (χ4v) is 3.16. The van der Waals surface area contributed by atoms with Crippen LogP contribution in [0.3, 0.4) is 0 Å². The lowest BCUT2D eigenvalue weighted by Crippen LogP contribution is -2.33. The maximum Gasteiger partial charge on any atom is 0.0312 e. The summed E-state index contributed by atoms with van der Waals surface area (Å²) in [4.78, 5) is 4.12. The lowest BCUT2D eigenvalue weighted by Gasteiger charge is -2.18. The van der Waals surface area contributed by atoms with E-state index in [1.807, 2.05) is 30.2 Å². The summed E-state index contributed by atoms with van der Waals surface area (Å²) in [7, 11) is 0. The van der Waals surface area contributed by atoms with Crippen molar-refractivity contribution in [2.45, 2.75) is 37.1 Å². The molecule has 0 amide bonds. The van der Waals surface area contributed by atoms with E-state index in [-0.39, 0.29) is 0 Å². The van der Waals surface area contributed by atoms with Gasteiger partial charge in [0.1, 0.15) is 0 Å². The Balaban J connectivity index is 1.83. The summed E-state index contributed by atoms with van der Waals surface area (Å²) in [5.41, 5.74) is 1.28. The zero-order chi connectivity index (χ0) is 10.5. The van der Waals surface area contributed by atoms with E-state index in [4.69, 9.17) is 0 Å². The molecule has 2 rings (SSSR count). The van der Waals surface area contributed by atoms with Gasteiger partial charge < -0.3 is 5.32 Å². The first-order valence-corrected chi connectivity index (χ1v) is 6.84. The average Bonchev–Trinajstić information content (AvgIpc) is 2.75. The lowest BCUT2D eigenvalue weighted by atomic mass is 10.2. The highest BCUT2D eigenvalue weighted by Crippen LogP contribution is 2.28. The first-order valence-electron chi connectivity index (χ1n) is 5.55. The van der Waals surface area contributed by atoms with Gasteiger partial charge >= 0.3 is 0 Å². The number of rotatable bonds is 4. The molecule has 82 valence electrons. The number of aromatic nitrogens is 1. The minimum atomic E-state index is 0.695. The van der Waals surface area contributed by atoms with Gasteiger partial charge in [0.05, 0.1) is 0 Å². The monoisotopic (exact) mass is 222 g/mol. The minimum Gasteiger partial charge on any atom is -0.309 e. The van der Waals surface area contributed by atoms with E-state index >= 15 is 0 Å². The molecule has 1 heterocycles. The summed E-state index contributed by atoms with van der Waals surface area (Å²) >= 11 is 2.00. The van der Waals surface area contributed by atoms with Crippen LogP contribution in [0.5, 0.6) is 0 Å². The van der Waals surface area contributed by atoms with Crippen molar-refractivity contribution in [1.82, 2.24) is 10.3 Å². The van der Waals surface area contributed by atoms with Crippen LogP contribution < -0.4 is 5.32 Å². The van der Waals surface area contributed by atoms with Gasteiger partial charge in [-0.15, -0.1) is 0 Å². The van der Waals surface area contributed by atoms with Crippen molar-refractivity contribution in [3.63, 3.8) is 0 Å². The SMILES string of the molecule is CSC1CCCC1NCc1cccnc1. The molecule has 1 aliphatic carbocycles. The van der Waals surface area contributed by atoms with Gasteiger partial charge in [-0.25, -0.2) is 0 Å². The van der Waals surface area contributed by atoms with Crippen LogP contribution >= 0.6 is 11.8 Å². The van der Waals surface area contributed by atoms with Crippen molar-refractivity contribution in [3.05, 3.63) is 30.1 Å². The molecule has 2 atom stereocenters. The van der Waals surface area contributed by atoms with Crippen LogP contribution in [-0.4, -0.2) is 22.5 Å². The van der Waals surface area contributed by atoms with E-state index in [1.165, 1.54) is 24.8 Å². The van der Waals surface area contributed by atoms with Gasteiger partial charge in [-0.05, 0) is 30.7 Å². The topological polar surface area (TPSA) is 24.9 Å². The van der Waals surface area contributed by atoms with Crippen molar-refractivity contribution in [2.75, 3.05) is 6.26 Å². The van der Waals surface area contributed by atoms with Gasteiger partial charge in [-0.3, -0.25) is 4.98 Å². The van der Waals surface area contributed by atoms with Crippen LogP contribution in [0, 0.1) is 0 Å². The molecular formula is C12H18N2S. The Morgan fingerprint density at radius 2 is 2.47 bits per heavy atom. The van der Waals surface area contributed by atoms with Gasteiger partial charge in [-0.2, -0.15) is 11.8 Å². The summed E-state index contributed by atoms with van der Waals surface area (Å²) in [6.07, 6.45) is 10.0. The summed E-state index contributed by atoms with van der Waals surface area (Å²) in [6, 6.07) is 4.82. The molecular weight excluding hydrogens is 204 g/mol. The number of pyridine rings is 1. The third kappa shape index (κ3) is 2.95. The van der Waals surface area contributed by atoms with Crippen LogP contribution in [0.15, 0.2) is 24.5 Å². The maximum atomic E-state index is 4.12. The van der Waals surface area contributed by atoms with Crippen LogP contribution in [0.4, 0.5) is 0 Å². The van der Waals surface area contributed by atoms with Gasteiger partial charge in [0.25, 0.3) is 0 Å². The molecule has 1 aliphatic rings. The van der Waals surface area contributed by atoms with E-state index in [9.17, 15) is 0 Å². The summed E-state index contributed by atoms with van der Waals surface area (Å²) < 4.78 is 0. The first kappa shape index (κ1) is 11.0. The molecule has 1 N–H and O–H groups in total. The van der Waals surface area contributed by atoms with E-state index in [0.29, 0.717) is 6.04 Å². The van der Waals surface area contributed by atoms with Gasteiger partial charge in [0.15, 0.2) is 0 Å². The summed E-state index contributed by atoms with van der Waals surface area (Å²) in [5.74, 6) is 0. The number of hydrogen-bond acceptors (Lipinski definition) is 3. The fraction of sp³-hybridized carbons (Fsp3) is 0.583. The summed E-state index contributed by atoms with van der Waals surface area (Å²) in [6.45, 7) is 0.954. The quantitative estimate of drug-likeness (QED) is 0.847. The molecule has 1 saturated carbocycles. The van der Waals surface area contributed by atoms with Crippen molar-refractivity contribution < 1.29 is 0 Å². The molecule has 3 heteroatoms. The van der Waals surface area contributed by atoms with Crippen molar-refractivity contribution >= 4 is 11.8 Å². The predicted molar refractivity (Wildman–Crippen MR) is 66.0 cm³/mol. The molecule has 0 bridgehead atoms. The zero-order valence-corrected chi connectivity index (χ0v) is 9.96. The van der Waals surface area contributed by atoms with Crippen LogP contribution in [0.25, 0.3) is 0 Å². The van der Waals surface area contributed by atoms with Crippen molar-refractivity contribution in [3.8, 4) is 0 Å². The molecule has 1 fully saturated rings. The lowest BCUT2D eigenvalue weighted by molar-refractivity contribution is 0.532. The van der Waals surface area contributed by atoms with E-state index in [1.54, 1.807) is 0 Å². The highest BCUT2D eigenvalue weighted by Gasteiger charge is 2.25. The molecule has 1 aromatic rings. The molecule has 0 aromatic carbocycles. The molecule has 0 radical (unpaired) electrons. The van der Waals surface area contributed by atoms with Gasteiger partial charge in [0, 0.05) is 30.2 Å². The Kier molecular flexibility index (Phi) is 4.03. The molecule has 15 heavy (non-hydrogen) atoms. The second-order valence-electron chi connectivity index (χ2n) is 4.05. The highest BCUT2D eigenvalue weighted by molar-refractivity contribution is 7.99. The number of hydrogen-bond donors (Lipinski definition) is 1. The van der Waals surface area contributed by atoms with Crippen molar-refractivity contribution in [2.24, 2.45) is 0 Å². The second kappa shape index (κ2) is 5.52. The minimum absolute atomic E-state index is 0.695. The normalized spacial score (nSPS) is 25.7. The molecule has 0 aliphatic heterocycles. The number of thioether (sulfide) groups is 1. The Labute approximate surface area is 95.9 Å². The molecule has 2 nitrogen and oxygen atoms in total. The third-order valence-corrected chi connectivity index (χ3v) is 4.22. The zero-order valence-electron chi connectivity index (χ0n) is 9.15. The Morgan fingerprint density at radius 3 is 3.20 bits per heavy atom. The molecule has 0 saturated heterocycles. The van der Waals surface area contributed by atoms with Gasteiger partial charge in [-0.1, -0.05) is 12.5 Å². The van der Waals surface area contributed by atoms with Crippen LogP contribution in [-0.2, 0) is 6.54 Å². The van der Waals surface area contributed by atoms with Crippen LogP contribution in [0.1, 0.15) is 24.8 Å². The number of nitrogens with zero attached hydrogens (tertiary/aromatic N) is 1. The van der Waals surface area contributed by atoms with Gasteiger partial charge in [0.2, 0.25) is 0 Å². The average molecular weight is 222 g/mol. The fourth-order valence-electron chi connectivity index (χ4n) is 2.19. The smallest absolute Gasteiger partial charge is 0.0312 e. The Bertz CT molecular complexity index is 289. The van der Waals surface area contributed by atoms with E-state index in [0.717, 1.165) is 11.8 Å². The second-order valence-corrected chi connectivity index (χ2v) is 5.13.